The van der Waals surface area contributed by atoms with E-state index in [4.69, 9.17) is 43.2 Å². The van der Waals surface area contributed by atoms with Gasteiger partial charge in [-0.1, -0.05) is 41.5 Å². The number of nitrogens with two attached hydrogens (primary N) is 2. The summed E-state index contributed by atoms with van der Waals surface area (Å²) in [5, 5.41) is -0.683. The number of aromatic nitrogens is 8. The fourth-order valence-corrected chi connectivity index (χ4v) is 12.7. The van der Waals surface area contributed by atoms with Crippen LogP contribution in [0.15, 0.2) is 23.8 Å². The third-order valence-electron chi connectivity index (χ3n) is 13.4. The van der Waals surface area contributed by atoms with Gasteiger partial charge in [0.2, 0.25) is 5.95 Å². The van der Waals surface area contributed by atoms with Crippen molar-refractivity contribution in [2.24, 2.45) is 11.8 Å². The first-order chi connectivity index (χ1) is 27.7. The van der Waals surface area contributed by atoms with E-state index in [1.165, 1.54) is 17.2 Å². The average Bonchev–Trinajstić information content (AvgIpc) is 3.39. The standard InChI is InChI=1S/C34H54N10O12P2Si2/c1-32(2,3)59(7,8)55-24-23-19(52-30(24)43-15-39-21-28(43)41-31(36)42-29(21)45)13-51-58(48,49)53-22-17(12-50-57(46,47)54-23)18-11-34(18,25(22)56-60(9,10)33(4,5)6)44-16-40-20-26(35)37-14-38-27(20)44/h14-19,22-25,30H,11-13H2,1-10H3,(H,46,47)(H,48,49)(H2,35,37,38)(H3,36,41,42,45)/t17-,18-,19+,22+,23+,24?,25?,30+,34+/m0/s1. The van der Waals surface area contributed by atoms with Crippen molar-refractivity contribution in [3.63, 3.8) is 0 Å². The van der Waals surface area contributed by atoms with Gasteiger partial charge in [-0.25, -0.2) is 29.1 Å². The van der Waals surface area contributed by atoms with Gasteiger partial charge < -0.3 is 39.4 Å². The van der Waals surface area contributed by atoms with Crippen LogP contribution in [0.4, 0.5) is 11.8 Å². The lowest BCUT2D eigenvalue weighted by atomic mass is 10.0. The largest absolute Gasteiger partial charge is 0.472 e. The summed E-state index contributed by atoms with van der Waals surface area (Å²) in [5.41, 5.74) is 11.3. The number of ether oxygens (including phenoxy) is 1. The summed E-state index contributed by atoms with van der Waals surface area (Å²) < 4.78 is 76.1. The summed E-state index contributed by atoms with van der Waals surface area (Å²) in [5.74, 6) is -1.19. The number of H-pyrrole nitrogens is 1. The van der Waals surface area contributed by atoms with Crippen molar-refractivity contribution in [1.29, 1.82) is 0 Å². The highest BCUT2D eigenvalue weighted by atomic mass is 31.2. The van der Waals surface area contributed by atoms with Crippen LogP contribution in [-0.4, -0.2) is 109 Å². The second-order valence-electron chi connectivity index (χ2n) is 19.2. The van der Waals surface area contributed by atoms with E-state index in [2.05, 4.69) is 50.7 Å². The van der Waals surface area contributed by atoms with E-state index < -0.39 is 99.3 Å². The molecule has 0 bridgehead atoms. The van der Waals surface area contributed by atoms with Gasteiger partial charge in [-0.2, -0.15) is 4.98 Å². The highest BCUT2D eigenvalue weighted by molar-refractivity contribution is 7.47. The highest BCUT2D eigenvalue weighted by Gasteiger charge is 2.75. The fraction of sp³-hybridized carbons (Fsp3) is 0.706. The van der Waals surface area contributed by atoms with E-state index in [0.29, 0.717) is 17.6 Å². The SMILES string of the molecule is CC(C)(C)[Si](C)(C)OC1[C@H](n2cnc3c(=O)[nH]c(N)nc32)O[C@@H]2COP(=O)(O)O[C@H]3C(O[Si](C)(C)C(C)(C)C)[C@@]4(n5cnc6c(N)ncnc65)C[C@H]4[C@@H]3COP(=O)(O)O[C@@H]12. The molecule has 60 heavy (non-hydrogen) atoms. The molecular formula is C34H54N10O12P2Si2. The molecule has 2 saturated carbocycles. The van der Waals surface area contributed by atoms with Gasteiger partial charge in [0.1, 0.15) is 36.3 Å². The Kier molecular flexibility index (Phi) is 10.4. The Morgan fingerprint density at radius 3 is 2.15 bits per heavy atom. The molecule has 4 aromatic rings. The van der Waals surface area contributed by atoms with Crippen LogP contribution in [0.3, 0.4) is 0 Å². The number of hydrogen-bond donors (Lipinski definition) is 5. The molecule has 4 aliphatic rings. The summed E-state index contributed by atoms with van der Waals surface area (Å²) in [6.45, 7) is 19.1. The molecule has 22 nitrogen and oxygen atoms in total. The first-order valence-corrected chi connectivity index (χ1v) is 28.5. The monoisotopic (exact) mass is 912 g/mol. The number of aromatic amines is 1. The Balaban J connectivity index is 1.19. The third-order valence-corrected chi connectivity index (χ3v) is 24.3. The second kappa shape index (κ2) is 14.3. The lowest BCUT2D eigenvalue weighted by Crippen LogP contribution is -2.52. The van der Waals surface area contributed by atoms with E-state index in [1.54, 1.807) is 6.33 Å². The average molecular weight is 913 g/mol. The van der Waals surface area contributed by atoms with Crippen LogP contribution in [-0.2, 0) is 46.4 Å². The summed E-state index contributed by atoms with van der Waals surface area (Å²) in [4.78, 5) is 60.0. The van der Waals surface area contributed by atoms with Gasteiger partial charge in [0.05, 0.1) is 37.5 Å². The van der Waals surface area contributed by atoms with Gasteiger partial charge in [0.25, 0.3) is 5.56 Å². The topological polar surface area (TPSA) is 298 Å². The van der Waals surface area contributed by atoms with Crippen LogP contribution < -0.4 is 17.0 Å². The summed E-state index contributed by atoms with van der Waals surface area (Å²) in [6.07, 6.45) is -2.59. The molecule has 6 heterocycles. The summed E-state index contributed by atoms with van der Waals surface area (Å²) in [7, 11) is -15.5. The van der Waals surface area contributed by atoms with E-state index in [9.17, 15) is 23.7 Å². The molecule has 0 radical (unpaired) electrons. The lowest BCUT2D eigenvalue weighted by molar-refractivity contribution is -0.0633. The Bertz CT molecular complexity index is 2490. The van der Waals surface area contributed by atoms with Crippen LogP contribution >= 0.6 is 15.6 Å². The van der Waals surface area contributed by atoms with E-state index in [0.717, 1.165) is 0 Å². The quantitative estimate of drug-likeness (QED) is 0.134. The van der Waals surface area contributed by atoms with Gasteiger partial charge in [-0.3, -0.25) is 32.4 Å². The fourth-order valence-electron chi connectivity index (χ4n) is 8.14. The zero-order valence-corrected chi connectivity index (χ0v) is 38.9. The van der Waals surface area contributed by atoms with Crippen LogP contribution in [0, 0.1) is 11.8 Å². The van der Waals surface area contributed by atoms with Crippen molar-refractivity contribution >= 4 is 66.4 Å². The van der Waals surface area contributed by atoms with Gasteiger partial charge in [-0.15, -0.1) is 0 Å². The maximum atomic E-state index is 14.3. The molecule has 7 N–H and O–H groups in total. The van der Waals surface area contributed by atoms with E-state index in [-0.39, 0.29) is 38.9 Å². The first kappa shape index (κ1) is 43.7. The van der Waals surface area contributed by atoms with E-state index in [1.807, 2.05) is 51.5 Å². The number of anilines is 2. The molecule has 2 aliphatic carbocycles. The van der Waals surface area contributed by atoms with Gasteiger partial charge in [-0.05, 0) is 48.6 Å². The molecule has 0 aromatic carbocycles. The zero-order chi connectivity index (χ0) is 43.7. The summed E-state index contributed by atoms with van der Waals surface area (Å²) >= 11 is 0. The molecule has 4 aromatic heterocycles. The third kappa shape index (κ3) is 7.33. The minimum Gasteiger partial charge on any atom is -0.409 e. The molecule has 11 atom stereocenters. The molecule has 4 fully saturated rings. The highest BCUT2D eigenvalue weighted by Crippen LogP contribution is 2.69. The second-order valence-corrected chi connectivity index (χ2v) is 31.5. The van der Waals surface area contributed by atoms with Crippen molar-refractivity contribution in [1.82, 2.24) is 39.0 Å². The van der Waals surface area contributed by atoms with Crippen molar-refractivity contribution in [3.8, 4) is 0 Å². The molecule has 330 valence electrons. The molecule has 4 unspecified atom stereocenters. The number of nitrogens with one attached hydrogen (secondary N) is 1. The zero-order valence-electron chi connectivity index (χ0n) is 35.1. The van der Waals surface area contributed by atoms with Crippen molar-refractivity contribution in [3.05, 3.63) is 29.3 Å². The molecule has 8 rings (SSSR count). The molecule has 2 saturated heterocycles. The van der Waals surface area contributed by atoms with Crippen LogP contribution in [0.25, 0.3) is 22.3 Å². The molecular weight excluding hydrogens is 859 g/mol. The number of nitrogens with zero attached hydrogens (tertiary/aromatic N) is 7. The predicted octanol–water partition coefficient (Wildman–Crippen LogP) is 4.17. The molecule has 0 amide bonds. The minimum atomic E-state index is -5.01. The number of phosphoric ester groups is 2. The Labute approximate surface area is 347 Å². The van der Waals surface area contributed by atoms with Gasteiger partial charge in [0, 0.05) is 5.92 Å². The van der Waals surface area contributed by atoms with Crippen LogP contribution in [0.5, 0.6) is 0 Å². The van der Waals surface area contributed by atoms with Crippen molar-refractivity contribution in [2.75, 3.05) is 24.7 Å². The summed E-state index contributed by atoms with van der Waals surface area (Å²) in [6, 6.07) is 0. The van der Waals surface area contributed by atoms with Crippen LogP contribution in [0.1, 0.15) is 54.2 Å². The number of rotatable bonds is 6. The molecule has 0 spiro atoms. The Morgan fingerprint density at radius 1 is 0.867 bits per heavy atom. The van der Waals surface area contributed by atoms with Crippen molar-refractivity contribution in [2.45, 2.75) is 127 Å². The number of phosphoric acid groups is 2. The molecule has 2 aliphatic heterocycles. The molecule has 26 heteroatoms. The normalized spacial score (nSPS) is 35.5. The maximum absolute atomic E-state index is 14.3. The predicted molar refractivity (Wildman–Crippen MR) is 221 cm³/mol. The lowest BCUT2D eigenvalue weighted by Gasteiger charge is -2.43. The van der Waals surface area contributed by atoms with Crippen LogP contribution in [0.2, 0.25) is 36.3 Å². The van der Waals surface area contributed by atoms with Crippen molar-refractivity contribution < 1.29 is 50.6 Å². The Hall–Kier alpha value is -2.97. The number of imidazole rings is 2. The number of nitrogen functional groups attached to an aromatic ring is 2. The maximum Gasteiger partial charge on any atom is 0.472 e. The van der Waals surface area contributed by atoms with Gasteiger partial charge >= 0.3 is 15.6 Å². The first-order valence-electron chi connectivity index (χ1n) is 19.7. The van der Waals surface area contributed by atoms with E-state index >= 15 is 0 Å². The number of hydrogen-bond acceptors (Lipinski definition) is 17. The van der Waals surface area contributed by atoms with Gasteiger partial charge in [0.15, 0.2) is 45.5 Å². The smallest absolute Gasteiger partial charge is 0.409 e. The minimum absolute atomic E-state index is 0.0382. The number of fused-ring (bicyclic) bond motifs is 6. The Morgan fingerprint density at radius 2 is 1.48 bits per heavy atom.